The molecule has 0 bridgehead atoms. The molecule has 2 atom stereocenters. The van der Waals surface area contributed by atoms with Crippen LogP contribution in [0.15, 0.2) is 97.1 Å². The van der Waals surface area contributed by atoms with Crippen molar-refractivity contribution in [1.82, 2.24) is 10.2 Å². The van der Waals surface area contributed by atoms with Crippen molar-refractivity contribution in [3.63, 3.8) is 0 Å². The van der Waals surface area contributed by atoms with Crippen molar-refractivity contribution in [2.75, 3.05) is 18.1 Å². The molecule has 6 rings (SSSR count). The molecule has 1 N–H and O–H groups in total. The zero-order valence-corrected chi connectivity index (χ0v) is 20.3. The number of hydrogen-bond acceptors (Lipinski definition) is 4. The SMILES string of the molecule is CC1(c2ccc3ccccc3c2)NC(=O)N(CC(=O)N2c3ccccc3OCC2c2ccccc2)C1=O. The van der Waals surface area contributed by atoms with E-state index in [0.717, 1.165) is 21.2 Å². The number of ether oxygens (including phenoxy) is 1. The molecule has 2 heterocycles. The van der Waals surface area contributed by atoms with Gasteiger partial charge in [-0.2, -0.15) is 0 Å². The first kappa shape index (κ1) is 22.8. The van der Waals surface area contributed by atoms with Gasteiger partial charge in [0.2, 0.25) is 5.91 Å². The number of nitrogens with one attached hydrogen (secondary N) is 1. The fourth-order valence-electron chi connectivity index (χ4n) is 5.17. The highest BCUT2D eigenvalue weighted by atomic mass is 16.5. The molecule has 0 spiro atoms. The van der Waals surface area contributed by atoms with E-state index in [0.29, 0.717) is 17.0 Å². The second-order valence-electron chi connectivity index (χ2n) is 9.48. The van der Waals surface area contributed by atoms with Crippen LogP contribution in [0.5, 0.6) is 5.75 Å². The maximum absolute atomic E-state index is 13.8. The molecule has 37 heavy (non-hydrogen) atoms. The Kier molecular flexibility index (Phi) is 5.41. The molecule has 7 nitrogen and oxygen atoms in total. The minimum Gasteiger partial charge on any atom is -0.489 e. The lowest BCUT2D eigenvalue weighted by Gasteiger charge is -2.37. The second kappa shape index (κ2) is 8.78. The van der Waals surface area contributed by atoms with Crippen LogP contribution in [0.4, 0.5) is 10.5 Å². The normalized spacial score (nSPS) is 20.9. The van der Waals surface area contributed by atoms with Gasteiger partial charge in [0, 0.05) is 0 Å². The van der Waals surface area contributed by atoms with Crippen LogP contribution in [-0.4, -0.2) is 35.9 Å². The summed E-state index contributed by atoms with van der Waals surface area (Å²) < 4.78 is 5.96. The Hall–Kier alpha value is -4.65. The van der Waals surface area contributed by atoms with Gasteiger partial charge in [-0.1, -0.05) is 78.9 Å². The molecule has 0 aromatic heterocycles. The molecule has 2 aliphatic rings. The van der Waals surface area contributed by atoms with Crippen molar-refractivity contribution in [2.24, 2.45) is 0 Å². The molecule has 1 saturated heterocycles. The third-order valence-corrected chi connectivity index (χ3v) is 7.18. The first-order valence-electron chi connectivity index (χ1n) is 12.2. The molecular weight excluding hydrogens is 466 g/mol. The second-order valence-corrected chi connectivity index (χ2v) is 9.48. The van der Waals surface area contributed by atoms with Gasteiger partial charge in [0.1, 0.15) is 24.4 Å². The summed E-state index contributed by atoms with van der Waals surface area (Å²) in [5, 5.41) is 4.83. The van der Waals surface area contributed by atoms with E-state index in [4.69, 9.17) is 4.74 Å². The number of urea groups is 1. The number of amides is 4. The summed E-state index contributed by atoms with van der Waals surface area (Å²) in [6.45, 7) is 1.56. The standard InChI is InChI=1S/C30H25N3O4/c1-30(23-16-15-20-9-5-6-12-22(20)17-23)28(35)32(29(36)31-30)18-27(34)33-24-13-7-8-14-26(24)37-19-25(33)21-10-3-2-4-11-21/h2-17,25H,18-19H2,1H3,(H,31,36). The van der Waals surface area contributed by atoms with E-state index in [1.165, 1.54) is 0 Å². The summed E-state index contributed by atoms with van der Waals surface area (Å²) in [6, 6.07) is 29.4. The molecule has 1 fully saturated rings. The highest BCUT2D eigenvalue weighted by molar-refractivity contribution is 6.11. The Balaban J connectivity index is 1.31. The van der Waals surface area contributed by atoms with Gasteiger partial charge in [0.15, 0.2) is 0 Å². The van der Waals surface area contributed by atoms with Crippen molar-refractivity contribution in [3.8, 4) is 5.75 Å². The largest absolute Gasteiger partial charge is 0.489 e. The quantitative estimate of drug-likeness (QED) is 0.417. The maximum Gasteiger partial charge on any atom is 0.325 e. The number of anilines is 1. The first-order chi connectivity index (χ1) is 18.0. The molecule has 0 saturated carbocycles. The van der Waals surface area contributed by atoms with E-state index in [1.54, 1.807) is 17.9 Å². The van der Waals surface area contributed by atoms with Gasteiger partial charge in [0.25, 0.3) is 5.91 Å². The smallest absolute Gasteiger partial charge is 0.325 e. The van der Waals surface area contributed by atoms with Crippen LogP contribution in [-0.2, 0) is 15.1 Å². The predicted octanol–water partition coefficient (Wildman–Crippen LogP) is 4.77. The van der Waals surface area contributed by atoms with Crippen molar-refractivity contribution >= 4 is 34.3 Å². The lowest BCUT2D eigenvalue weighted by Crippen LogP contribution is -2.48. The zero-order valence-electron chi connectivity index (χ0n) is 20.3. The number of fused-ring (bicyclic) bond motifs is 2. The number of carbonyl (C=O) groups excluding carboxylic acids is 3. The highest BCUT2D eigenvalue weighted by Crippen LogP contribution is 2.40. The number of nitrogens with zero attached hydrogens (tertiary/aromatic N) is 2. The van der Waals surface area contributed by atoms with Crippen LogP contribution >= 0.6 is 0 Å². The van der Waals surface area contributed by atoms with Crippen LogP contribution < -0.4 is 15.0 Å². The molecular formula is C30H25N3O4. The molecule has 4 aromatic rings. The van der Waals surface area contributed by atoms with Crippen LogP contribution in [0.2, 0.25) is 0 Å². The van der Waals surface area contributed by atoms with Gasteiger partial charge in [-0.15, -0.1) is 0 Å². The number of imide groups is 1. The number of para-hydroxylation sites is 2. The molecule has 0 aliphatic carbocycles. The molecule has 7 heteroatoms. The third-order valence-electron chi connectivity index (χ3n) is 7.18. The maximum atomic E-state index is 13.8. The zero-order chi connectivity index (χ0) is 25.6. The summed E-state index contributed by atoms with van der Waals surface area (Å²) >= 11 is 0. The fraction of sp³-hybridized carbons (Fsp3) is 0.167. The fourth-order valence-corrected chi connectivity index (χ4v) is 5.17. The van der Waals surface area contributed by atoms with E-state index in [-0.39, 0.29) is 19.1 Å². The average molecular weight is 492 g/mol. The Morgan fingerprint density at radius 3 is 2.43 bits per heavy atom. The number of carbonyl (C=O) groups is 3. The first-order valence-corrected chi connectivity index (χ1v) is 12.2. The summed E-state index contributed by atoms with van der Waals surface area (Å²) in [5.74, 6) is -0.240. The van der Waals surface area contributed by atoms with Crippen molar-refractivity contribution in [1.29, 1.82) is 0 Å². The third kappa shape index (κ3) is 3.80. The Morgan fingerprint density at radius 2 is 1.62 bits per heavy atom. The van der Waals surface area contributed by atoms with Gasteiger partial charge in [-0.05, 0) is 47.0 Å². The van der Waals surface area contributed by atoms with E-state index in [9.17, 15) is 14.4 Å². The van der Waals surface area contributed by atoms with Gasteiger partial charge < -0.3 is 10.1 Å². The van der Waals surface area contributed by atoms with E-state index < -0.39 is 23.5 Å². The van der Waals surface area contributed by atoms with Crippen LogP contribution in [0.1, 0.15) is 24.1 Å². The molecule has 184 valence electrons. The van der Waals surface area contributed by atoms with Crippen LogP contribution in [0.3, 0.4) is 0 Å². The van der Waals surface area contributed by atoms with Crippen LogP contribution in [0.25, 0.3) is 10.8 Å². The number of hydrogen-bond donors (Lipinski definition) is 1. The molecule has 4 amide bonds. The van der Waals surface area contributed by atoms with E-state index >= 15 is 0 Å². The molecule has 2 aliphatic heterocycles. The summed E-state index contributed by atoms with van der Waals surface area (Å²) in [4.78, 5) is 43.1. The number of rotatable bonds is 4. The molecule has 4 aromatic carbocycles. The summed E-state index contributed by atoms with van der Waals surface area (Å²) in [6.07, 6.45) is 0. The summed E-state index contributed by atoms with van der Waals surface area (Å²) in [5.41, 5.74) is 0.905. The Bertz CT molecular complexity index is 1540. The van der Waals surface area contributed by atoms with Crippen LogP contribution in [0, 0.1) is 0 Å². The summed E-state index contributed by atoms with van der Waals surface area (Å²) in [7, 11) is 0. The predicted molar refractivity (Wildman–Crippen MR) is 140 cm³/mol. The average Bonchev–Trinajstić information content (AvgIpc) is 3.16. The van der Waals surface area contributed by atoms with Crippen molar-refractivity contribution in [2.45, 2.75) is 18.5 Å². The number of benzene rings is 4. The van der Waals surface area contributed by atoms with Gasteiger partial charge >= 0.3 is 6.03 Å². The van der Waals surface area contributed by atoms with Crippen molar-refractivity contribution in [3.05, 3.63) is 108 Å². The Labute approximate surface area is 214 Å². The van der Waals surface area contributed by atoms with Crippen molar-refractivity contribution < 1.29 is 19.1 Å². The minimum atomic E-state index is -1.27. The van der Waals surface area contributed by atoms with E-state index in [2.05, 4.69) is 5.32 Å². The van der Waals surface area contributed by atoms with Gasteiger partial charge in [0.05, 0.1) is 11.7 Å². The van der Waals surface area contributed by atoms with Gasteiger partial charge in [-0.25, -0.2) is 4.79 Å². The lowest BCUT2D eigenvalue weighted by atomic mass is 9.90. The topological polar surface area (TPSA) is 79.0 Å². The Morgan fingerprint density at radius 1 is 0.919 bits per heavy atom. The minimum absolute atomic E-state index is 0.266. The van der Waals surface area contributed by atoms with E-state index in [1.807, 2.05) is 91.0 Å². The molecule has 2 unspecified atom stereocenters. The molecule has 0 radical (unpaired) electrons. The highest BCUT2D eigenvalue weighted by Gasteiger charge is 2.50. The van der Waals surface area contributed by atoms with Gasteiger partial charge in [-0.3, -0.25) is 19.4 Å². The monoisotopic (exact) mass is 491 g/mol. The lowest BCUT2D eigenvalue weighted by molar-refractivity contribution is -0.134.